The Balaban J connectivity index is 1.41. The molecule has 0 amide bonds. The Labute approximate surface area is 256 Å². The van der Waals surface area contributed by atoms with E-state index in [-0.39, 0.29) is 30.3 Å². The summed E-state index contributed by atoms with van der Waals surface area (Å²) in [7, 11) is -4.01. The van der Waals surface area contributed by atoms with Gasteiger partial charge >= 0.3 is 7.60 Å². The van der Waals surface area contributed by atoms with Gasteiger partial charge in [-0.05, 0) is 12.8 Å². The fourth-order valence-corrected chi connectivity index (χ4v) is 5.83. The SMILES string of the molecule is CCCCCCCCCCCCCCCCCCOCCCOP(=O)(O)CO[C@H](CO)Cn1cnc2c(=O)[nH]c(N)nc21. The van der Waals surface area contributed by atoms with Crippen LogP contribution >= 0.6 is 7.60 Å². The smallest absolute Gasteiger partial charge is 0.353 e. The van der Waals surface area contributed by atoms with E-state index in [2.05, 4.69) is 21.9 Å². The number of H-pyrrole nitrogens is 1. The third-order valence-electron chi connectivity index (χ3n) is 7.44. The van der Waals surface area contributed by atoms with Crippen LogP contribution in [0.5, 0.6) is 0 Å². The minimum atomic E-state index is -4.01. The molecule has 0 fully saturated rings. The number of hydrogen-bond acceptors (Lipinski definition) is 9. The highest BCUT2D eigenvalue weighted by atomic mass is 31.2. The molecule has 0 aliphatic heterocycles. The van der Waals surface area contributed by atoms with Crippen LogP contribution in [0.2, 0.25) is 0 Å². The molecule has 248 valence electrons. The number of nitrogens with zero attached hydrogens (tertiary/aromatic N) is 3. The summed E-state index contributed by atoms with van der Waals surface area (Å²) in [5.74, 6) is -0.0667. The third kappa shape index (κ3) is 16.7. The Morgan fingerprint density at radius 1 is 0.907 bits per heavy atom. The maximum atomic E-state index is 12.3. The van der Waals surface area contributed by atoms with Crippen LogP contribution in [0.25, 0.3) is 11.2 Å². The second-order valence-corrected chi connectivity index (χ2v) is 13.2. The largest absolute Gasteiger partial charge is 0.394 e. The Morgan fingerprint density at radius 2 is 1.47 bits per heavy atom. The molecule has 0 aromatic carbocycles. The Morgan fingerprint density at radius 3 is 2.05 bits per heavy atom. The predicted octanol–water partition coefficient (Wildman–Crippen LogP) is 5.91. The average Bonchev–Trinajstić information content (AvgIpc) is 3.38. The van der Waals surface area contributed by atoms with Gasteiger partial charge in [0.2, 0.25) is 5.95 Å². The van der Waals surface area contributed by atoms with Crippen molar-refractivity contribution in [1.29, 1.82) is 0 Å². The van der Waals surface area contributed by atoms with E-state index in [0.29, 0.717) is 19.6 Å². The maximum Gasteiger partial charge on any atom is 0.353 e. The number of aromatic nitrogens is 4. The lowest BCUT2D eigenvalue weighted by Crippen LogP contribution is -2.25. The van der Waals surface area contributed by atoms with Crippen molar-refractivity contribution in [3.8, 4) is 0 Å². The molecule has 2 atom stereocenters. The molecule has 2 rings (SSSR count). The number of rotatable bonds is 28. The summed E-state index contributed by atoms with van der Waals surface area (Å²) in [6.45, 7) is 3.11. The Hall–Kier alpha value is -1.82. The number of aliphatic hydroxyl groups is 1. The van der Waals surface area contributed by atoms with Gasteiger partial charge in [0, 0.05) is 13.2 Å². The molecule has 2 aromatic rings. The standard InChI is InChI=1S/C30H56N5O7P/c1-2-3-4-5-6-7-8-9-10-11-12-13-14-15-16-17-19-40-20-18-21-42-43(38,39)25-41-26(23-36)22-35-24-32-27-28(35)33-30(31)34-29(27)37/h24,26,36H,2-23,25H2,1H3,(H,38,39)(H3,31,33,34,37)/t26-/m0/s1. The summed E-state index contributed by atoms with van der Waals surface area (Å²) < 4.78 is 30.0. The highest BCUT2D eigenvalue weighted by Gasteiger charge is 2.23. The molecule has 0 aliphatic rings. The second-order valence-electron chi connectivity index (χ2n) is 11.4. The van der Waals surface area contributed by atoms with Crippen molar-refractivity contribution in [3.63, 3.8) is 0 Å². The molecule has 0 bridgehead atoms. The number of aromatic amines is 1. The first-order valence-corrected chi connectivity index (χ1v) is 18.1. The summed E-state index contributed by atoms with van der Waals surface area (Å²) in [6, 6.07) is 0. The molecule has 0 saturated heterocycles. The monoisotopic (exact) mass is 629 g/mol. The van der Waals surface area contributed by atoms with Crippen LogP contribution in [0.3, 0.4) is 0 Å². The molecule has 2 aromatic heterocycles. The van der Waals surface area contributed by atoms with Crippen molar-refractivity contribution >= 4 is 24.7 Å². The minimum absolute atomic E-state index is 0.0517. The summed E-state index contributed by atoms with van der Waals surface area (Å²) >= 11 is 0. The topological polar surface area (TPSA) is 175 Å². The number of nitrogens with one attached hydrogen (secondary N) is 1. The summed E-state index contributed by atoms with van der Waals surface area (Å²) in [6.07, 6.45) is 21.8. The predicted molar refractivity (Wildman–Crippen MR) is 170 cm³/mol. The lowest BCUT2D eigenvalue weighted by atomic mass is 10.0. The van der Waals surface area contributed by atoms with Crippen LogP contribution in [0, 0.1) is 0 Å². The second kappa shape index (κ2) is 22.7. The van der Waals surface area contributed by atoms with Crippen molar-refractivity contribution in [2.75, 3.05) is 38.5 Å². The van der Waals surface area contributed by atoms with Gasteiger partial charge in [0.05, 0.1) is 32.2 Å². The van der Waals surface area contributed by atoms with Gasteiger partial charge < -0.3 is 34.3 Å². The number of nitrogen functional groups attached to an aromatic ring is 1. The van der Waals surface area contributed by atoms with Crippen LogP contribution in [-0.4, -0.2) is 68.4 Å². The van der Waals surface area contributed by atoms with E-state index in [0.717, 1.165) is 6.42 Å². The number of unbranched alkanes of at least 4 members (excludes halogenated alkanes) is 15. The molecule has 5 N–H and O–H groups in total. The van der Waals surface area contributed by atoms with E-state index in [1.54, 1.807) is 0 Å². The highest BCUT2D eigenvalue weighted by molar-refractivity contribution is 7.52. The molecule has 2 heterocycles. The molecule has 0 spiro atoms. The summed E-state index contributed by atoms with van der Waals surface area (Å²) in [4.78, 5) is 32.4. The van der Waals surface area contributed by atoms with Crippen molar-refractivity contribution < 1.29 is 28.6 Å². The number of hydrogen-bond donors (Lipinski definition) is 4. The molecule has 13 heteroatoms. The zero-order chi connectivity index (χ0) is 31.2. The molecule has 43 heavy (non-hydrogen) atoms. The van der Waals surface area contributed by atoms with Crippen LogP contribution in [-0.2, 0) is 25.1 Å². The summed E-state index contributed by atoms with van der Waals surface area (Å²) in [5, 5.41) is 9.66. The molecular weight excluding hydrogens is 573 g/mol. The van der Waals surface area contributed by atoms with Crippen molar-refractivity contribution in [2.24, 2.45) is 0 Å². The molecule has 0 saturated carbocycles. The van der Waals surface area contributed by atoms with Crippen LogP contribution in [0.15, 0.2) is 11.1 Å². The maximum absolute atomic E-state index is 12.3. The number of aliphatic hydroxyl groups excluding tert-OH is 1. The Kier molecular flexibility index (Phi) is 19.7. The molecule has 0 radical (unpaired) electrons. The van der Waals surface area contributed by atoms with Crippen molar-refractivity contribution in [2.45, 2.75) is 129 Å². The lowest BCUT2D eigenvalue weighted by Gasteiger charge is -2.19. The van der Waals surface area contributed by atoms with E-state index in [1.807, 2.05) is 0 Å². The number of fused-ring (bicyclic) bond motifs is 1. The zero-order valence-electron chi connectivity index (χ0n) is 26.2. The van der Waals surface area contributed by atoms with Gasteiger partial charge in [-0.1, -0.05) is 103 Å². The first kappa shape index (κ1) is 37.4. The quantitative estimate of drug-likeness (QED) is 0.0654. The van der Waals surface area contributed by atoms with Crippen LogP contribution in [0.4, 0.5) is 5.95 Å². The van der Waals surface area contributed by atoms with Gasteiger partial charge in [0.1, 0.15) is 6.35 Å². The van der Waals surface area contributed by atoms with Gasteiger partial charge in [-0.25, -0.2) is 4.98 Å². The van der Waals surface area contributed by atoms with Crippen LogP contribution in [0.1, 0.15) is 116 Å². The van der Waals surface area contributed by atoms with E-state index in [1.165, 1.54) is 107 Å². The van der Waals surface area contributed by atoms with Gasteiger partial charge in [0.25, 0.3) is 5.56 Å². The lowest BCUT2D eigenvalue weighted by molar-refractivity contribution is 0.0176. The molecule has 12 nitrogen and oxygen atoms in total. The van der Waals surface area contributed by atoms with Crippen molar-refractivity contribution in [3.05, 3.63) is 16.7 Å². The minimum Gasteiger partial charge on any atom is -0.394 e. The number of ether oxygens (including phenoxy) is 2. The fourth-order valence-electron chi connectivity index (χ4n) is 4.95. The summed E-state index contributed by atoms with van der Waals surface area (Å²) in [5.41, 5.74) is 5.44. The number of anilines is 1. The molecular formula is C30H56N5O7P. The normalized spacial score (nSPS) is 13.9. The van der Waals surface area contributed by atoms with Crippen LogP contribution < -0.4 is 11.3 Å². The zero-order valence-corrected chi connectivity index (χ0v) is 27.1. The average molecular weight is 630 g/mol. The highest BCUT2D eigenvalue weighted by Crippen LogP contribution is 2.42. The number of imidazole rings is 1. The van der Waals surface area contributed by atoms with Gasteiger partial charge in [-0.15, -0.1) is 0 Å². The first-order chi connectivity index (χ1) is 20.9. The van der Waals surface area contributed by atoms with E-state index in [4.69, 9.17) is 19.7 Å². The van der Waals surface area contributed by atoms with E-state index in [9.17, 15) is 19.4 Å². The molecule has 1 unspecified atom stereocenters. The third-order valence-corrected chi connectivity index (χ3v) is 8.50. The van der Waals surface area contributed by atoms with E-state index >= 15 is 0 Å². The Bertz CT molecular complexity index is 1100. The number of nitrogens with two attached hydrogens (primary N) is 1. The molecule has 0 aliphatic carbocycles. The van der Waals surface area contributed by atoms with Gasteiger partial charge in [-0.2, -0.15) is 4.98 Å². The fraction of sp³-hybridized carbons (Fsp3) is 0.833. The van der Waals surface area contributed by atoms with Gasteiger partial charge in [-0.3, -0.25) is 14.3 Å². The van der Waals surface area contributed by atoms with E-state index < -0.39 is 32.2 Å². The first-order valence-electron chi connectivity index (χ1n) is 16.3. The van der Waals surface area contributed by atoms with Gasteiger partial charge in [0.15, 0.2) is 11.2 Å². The van der Waals surface area contributed by atoms with Crippen molar-refractivity contribution in [1.82, 2.24) is 19.5 Å².